The van der Waals surface area contributed by atoms with E-state index in [4.69, 9.17) is 9.47 Å². The second-order valence-electron chi connectivity index (χ2n) is 5.91. The molecule has 1 saturated heterocycles. The van der Waals surface area contributed by atoms with Gasteiger partial charge in [-0.25, -0.2) is 8.42 Å². The second kappa shape index (κ2) is 7.00. The summed E-state index contributed by atoms with van der Waals surface area (Å²) in [6.07, 6.45) is 0.912. The third kappa shape index (κ3) is 3.33. The molecule has 0 unspecified atom stereocenters. The monoisotopic (exact) mass is 359 g/mol. The van der Waals surface area contributed by atoms with Crippen molar-refractivity contribution in [2.24, 2.45) is 0 Å². The van der Waals surface area contributed by atoms with Crippen LogP contribution in [0.2, 0.25) is 0 Å². The van der Waals surface area contributed by atoms with Crippen LogP contribution < -0.4 is 4.74 Å². The Bertz CT molecular complexity index is 844. The Morgan fingerprint density at radius 2 is 1.80 bits per heavy atom. The molecule has 0 amide bonds. The lowest BCUT2D eigenvalue weighted by molar-refractivity contribution is 0.0681. The molecule has 0 saturated carbocycles. The van der Waals surface area contributed by atoms with Crippen LogP contribution in [0, 0.1) is 6.92 Å². The highest BCUT2D eigenvalue weighted by Crippen LogP contribution is 2.37. The summed E-state index contributed by atoms with van der Waals surface area (Å²) in [5.74, 6) is 0.704. The van der Waals surface area contributed by atoms with Crippen molar-refractivity contribution in [2.45, 2.75) is 24.1 Å². The maximum Gasteiger partial charge on any atom is 0.246 e. The minimum Gasteiger partial charge on any atom is -0.497 e. The number of ether oxygens (including phenoxy) is 2. The normalized spacial score (nSPS) is 21.2. The van der Waals surface area contributed by atoms with Crippen molar-refractivity contribution in [1.29, 1.82) is 0 Å². The van der Waals surface area contributed by atoms with Crippen molar-refractivity contribution in [3.8, 4) is 5.75 Å². The predicted octanol–water partition coefficient (Wildman–Crippen LogP) is 3.28. The van der Waals surface area contributed by atoms with Gasteiger partial charge in [0.25, 0.3) is 0 Å². The van der Waals surface area contributed by atoms with E-state index in [1.165, 1.54) is 4.31 Å². The van der Waals surface area contributed by atoms with E-state index in [1.807, 2.05) is 19.1 Å². The number of hydrogen-bond donors (Lipinski definition) is 0. The molecule has 0 aromatic heterocycles. The van der Waals surface area contributed by atoms with Gasteiger partial charge in [0.05, 0.1) is 24.7 Å². The quantitative estimate of drug-likeness (QED) is 0.769. The van der Waals surface area contributed by atoms with Gasteiger partial charge >= 0.3 is 0 Å². The molecule has 132 valence electrons. The number of aryl methyl sites for hydroxylation is 1. The summed E-state index contributed by atoms with van der Waals surface area (Å²) in [4.78, 5) is 0.244. The largest absolute Gasteiger partial charge is 0.497 e. The van der Waals surface area contributed by atoms with Crippen molar-refractivity contribution < 1.29 is 17.9 Å². The van der Waals surface area contributed by atoms with E-state index < -0.39 is 22.3 Å². The fourth-order valence-corrected chi connectivity index (χ4v) is 4.49. The number of rotatable bonds is 5. The number of sulfonamides is 1. The topological polar surface area (TPSA) is 55.8 Å². The lowest BCUT2D eigenvalue weighted by atomic mass is 10.2. The molecule has 5 nitrogen and oxygen atoms in total. The Labute approximate surface area is 148 Å². The summed E-state index contributed by atoms with van der Waals surface area (Å²) < 4.78 is 38.7. The molecular weight excluding hydrogens is 338 g/mol. The summed E-state index contributed by atoms with van der Waals surface area (Å²) in [5.41, 5.74) is 1.75. The van der Waals surface area contributed by atoms with Crippen LogP contribution in [0.25, 0.3) is 0 Å². The van der Waals surface area contributed by atoms with Crippen LogP contribution in [0.3, 0.4) is 0 Å². The molecule has 2 aromatic rings. The van der Waals surface area contributed by atoms with Crippen molar-refractivity contribution in [2.75, 3.05) is 13.7 Å². The predicted molar refractivity (Wildman–Crippen MR) is 95.9 cm³/mol. The molecule has 0 spiro atoms. The van der Waals surface area contributed by atoms with Crippen LogP contribution in [0.4, 0.5) is 0 Å². The number of nitrogens with zero attached hydrogens (tertiary/aromatic N) is 1. The van der Waals surface area contributed by atoms with E-state index in [1.54, 1.807) is 49.6 Å². The van der Waals surface area contributed by atoms with Crippen LogP contribution >= 0.6 is 0 Å². The van der Waals surface area contributed by atoms with Gasteiger partial charge in [0, 0.05) is 0 Å². The van der Waals surface area contributed by atoms with Gasteiger partial charge in [0.15, 0.2) is 6.23 Å². The summed E-state index contributed by atoms with van der Waals surface area (Å²) in [5, 5.41) is 0. The molecule has 1 aliphatic heterocycles. The molecule has 1 heterocycles. The maximum absolute atomic E-state index is 13.2. The van der Waals surface area contributed by atoms with E-state index in [0.29, 0.717) is 5.75 Å². The smallest absolute Gasteiger partial charge is 0.246 e. The van der Waals surface area contributed by atoms with Crippen LogP contribution in [-0.4, -0.2) is 32.5 Å². The van der Waals surface area contributed by atoms with Gasteiger partial charge in [-0.2, -0.15) is 4.31 Å². The molecular formula is C19H21NO4S. The van der Waals surface area contributed by atoms with Gasteiger partial charge in [-0.15, -0.1) is 6.58 Å². The van der Waals surface area contributed by atoms with Crippen molar-refractivity contribution in [1.82, 2.24) is 4.31 Å². The third-order valence-corrected chi connectivity index (χ3v) is 6.14. The molecule has 3 rings (SSSR count). The summed E-state index contributed by atoms with van der Waals surface area (Å²) >= 11 is 0. The second-order valence-corrected chi connectivity index (χ2v) is 7.75. The first-order valence-electron chi connectivity index (χ1n) is 7.95. The van der Waals surface area contributed by atoms with Crippen LogP contribution in [0.15, 0.2) is 66.1 Å². The first-order valence-corrected chi connectivity index (χ1v) is 9.39. The molecule has 6 heteroatoms. The Kier molecular flexibility index (Phi) is 4.94. The number of hydrogen-bond acceptors (Lipinski definition) is 4. The van der Waals surface area contributed by atoms with Gasteiger partial charge < -0.3 is 9.47 Å². The molecule has 1 fully saturated rings. The molecule has 0 N–H and O–H groups in total. The maximum atomic E-state index is 13.2. The fourth-order valence-electron chi connectivity index (χ4n) is 2.83. The molecule has 0 radical (unpaired) electrons. The number of benzene rings is 2. The van der Waals surface area contributed by atoms with Crippen molar-refractivity contribution in [3.05, 3.63) is 72.3 Å². The Hall–Kier alpha value is -2.15. The molecule has 0 aliphatic carbocycles. The number of methoxy groups -OCH3 is 1. The van der Waals surface area contributed by atoms with E-state index in [9.17, 15) is 8.42 Å². The lowest BCUT2D eigenvalue weighted by Gasteiger charge is -2.26. The standard InChI is InChI=1S/C19H21NO4S/c1-4-16-13-24-19(15-7-9-17(23-3)10-8-15)20(16)25(21,22)18-11-5-14(2)6-12-18/h4-12,16,19H,1,13H2,2-3H3/t16-,19-/m0/s1. The highest BCUT2D eigenvalue weighted by Gasteiger charge is 2.42. The van der Waals surface area contributed by atoms with E-state index >= 15 is 0 Å². The van der Waals surface area contributed by atoms with Gasteiger partial charge in [0.2, 0.25) is 10.0 Å². The average Bonchev–Trinajstić information content (AvgIpc) is 3.07. The molecule has 2 aromatic carbocycles. The van der Waals surface area contributed by atoms with E-state index in [-0.39, 0.29) is 11.5 Å². The highest BCUT2D eigenvalue weighted by atomic mass is 32.2. The summed E-state index contributed by atoms with van der Waals surface area (Å²) in [6.45, 7) is 5.95. The molecule has 25 heavy (non-hydrogen) atoms. The molecule has 0 bridgehead atoms. The van der Waals surface area contributed by atoms with E-state index in [2.05, 4.69) is 6.58 Å². The fraction of sp³-hybridized carbons (Fsp3) is 0.263. The van der Waals surface area contributed by atoms with Crippen molar-refractivity contribution >= 4 is 10.0 Å². The van der Waals surface area contributed by atoms with Crippen LogP contribution in [0.1, 0.15) is 17.4 Å². The zero-order valence-electron chi connectivity index (χ0n) is 14.3. The lowest BCUT2D eigenvalue weighted by Crippen LogP contribution is -2.37. The highest BCUT2D eigenvalue weighted by molar-refractivity contribution is 7.89. The zero-order chi connectivity index (χ0) is 18.0. The van der Waals surface area contributed by atoms with Crippen molar-refractivity contribution in [3.63, 3.8) is 0 Å². The summed E-state index contributed by atoms with van der Waals surface area (Å²) in [6, 6.07) is 13.6. The van der Waals surface area contributed by atoms with Crippen LogP contribution in [0.5, 0.6) is 5.75 Å². The minimum absolute atomic E-state index is 0.244. The summed E-state index contributed by atoms with van der Waals surface area (Å²) in [7, 11) is -2.14. The molecule has 2 atom stereocenters. The average molecular weight is 359 g/mol. The Morgan fingerprint density at radius 1 is 1.16 bits per heavy atom. The Balaban J connectivity index is 2.01. The zero-order valence-corrected chi connectivity index (χ0v) is 15.1. The third-order valence-electron chi connectivity index (χ3n) is 4.25. The van der Waals surface area contributed by atoms with Gasteiger partial charge in [-0.05, 0) is 36.8 Å². The molecule has 1 aliphatic rings. The SMILES string of the molecule is C=C[C@H]1CO[C@@H](c2ccc(OC)cc2)N1S(=O)(=O)c1ccc(C)cc1. The minimum atomic E-state index is -3.72. The first kappa shape index (κ1) is 17.7. The van der Waals surface area contributed by atoms with E-state index in [0.717, 1.165) is 11.1 Å². The van der Waals surface area contributed by atoms with Gasteiger partial charge in [-0.1, -0.05) is 35.9 Å². The first-order chi connectivity index (χ1) is 12.0. The van der Waals surface area contributed by atoms with Crippen LogP contribution in [-0.2, 0) is 14.8 Å². The van der Waals surface area contributed by atoms with Gasteiger partial charge in [-0.3, -0.25) is 0 Å². The van der Waals surface area contributed by atoms with Gasteiger partial charge in [0.1, 0.15) is 5.75 Å². The Morgan fingerprint density at radius 3 is 2.36 bits per heavy atom.